The van der Waals surface area contributed by atoms with Gasteiger partial charge in [-0.15, -0.1) is 0 Å². The maximum absolute atomic E-state index is 11.3. The Kier molecular flexibility index (Phi) is 2.82. The van der Waals surface area contributed by atoms with Crippen LogP contribution in [0.3, 0.4) is 0 Å². The Balaban J connectivity index is 1.84. The molecule has 2 bridgehead atoms. The van der Waals surface area contributed by atoms with E-state index in [4.69, 9.17) is 0 Å². The summed E-state index contributed by atoms with van der Waals surface area (Å²) in [6.45, 7) is 2.17. The Morgan fingerprint density at radius 3 is 2.78 bits per heavy atom. The normalized spacial score (nSPS) is 32.6. The lowest BCUT2D eigenvalue weighted by molar-refractivity contribution is -0.142. The van der Waals surface area contributed by atoms with Crippen molar-refractivity contribution in [3.63, 3.8) is 0 Å². The molecule has 1 aromatic heterocycles. The van der Waals surface area contributed by atoms with Gasteiger partial charge in [-0.2, -0.15) is 0 Å². The average molecular weight is 246 g/mol. The van der Waals surface area contributed by atoms with Gasteiger partial charge in [0.2, 0.25) is 0 Å². The number of fused-ring (bicyclic) bond motifs is 2. The zero-order chi connectivity index (χ0) is 12.7. The number of rotatable bonds is 3. The summed E-state index contributed by atoms with van der Waals surface area (Å²) in [5.41, 5.74) is 1.23. The molecule has 96 valence electrons. The highest BCUT2D eigenvalue weighted by Gasteiger charge is 2.50. The van der Waals surface area contributed by atoms with Gasteiger partial charge in [0, 0.05) is 30.5 Å². The fourth-order valence-electron chi connectivity index (χ4n) is 3.71. The van der Waals surface area contributed by atoms with Gasteiger partial charge in [-0.05, 0) is 43.9 Å². The maximum atomic E-state index is 11.3. The fraction of sp³-hybridized carbons (Fsp3) is 0.571. The molecule has 4 nitrogen and oxygen atoms in total. The molecule has 2 aliphatic heterocycles. The number of aliphatic carboxylic acids is 1. The summed E-state index contributed by atoms with van der Waals surface area (Å²) in [7, 11) is 0. The van der Waals surface area contributed by atoms with Gasteiger partial charge in [0.05, 0.1) is 5.92 Å². The monoisotopic (exact) mass is 246 g/mol. The molecular weight excluding hydrogens is 228 g/mol. The highest BCUT2D eigenvalue weighted by atomic mass is 16.4. The van der Waals surface area contributed by atoms with Crippen LogP contribution in [0.4, 0.5) is 0 Å². The number of hydrogen-bond acceptors (Lipinski definition) is 3. The van der Waals surface area contributed by atoms with Gasteiger partial charge < -0.3 is 5.11 Å². The van der Waals surface area contributed by atoms with Crippen LogP contribution >= 0.6 is 0 Å². The standard InChI is InChI=1S/C14H18N2O2/c1-9(10-4-6-15-7-5-10)16-11-2-3-13(16)12(8-11)14(17)18/h4-7,9,11-13H,2-3,8H2,1H3,(H,17,18). The molecule has 2 fully saturated rings. The van der Waals surface area contributed by atoms with Gasteiger partial charge in [-0.1, -0.05) is 0 Å². The number of carbonyl (C=O) groups is 1. The predicted molar refractivity (Wildman–Crippen MR) is 67.0 cm³/mol. The van der Waals surface area contributed by atoms with Crippen molar-refractivity contribution in [2.75, 3.05) is 0 Å². The molecular formula is C14H18N2O2. The first-order chi connectivity index (χ1) is 8.68. The minimum Gasteiger partial charge on any atom is -0.481 e. The van der Waals surface area contributed by atoms with Crippen LogP contribution in [-0.2, 0) is 4.79 Å². The van der Waals surface area contributed by atoms with Crippen molar-refractivity contribution in [1.29, 1.82) is 0 Å². The molecule has 4 unspecified atom stereocenters. The van der Waals surface area contributed by atoms with Crippen LogP contribution in [-0.4, -0.2) is 33.0 Å². The number of pyridine rings is 1. The second kappa shape index (κ2) is 4.35. The van der Waals surface area contributed by atoms with Crippen molar-refractivity contribution in [1.82, 2.24) is 9.88 Å². The molecule has 0 aliphatic carbocycles. The third-order valence-electron chi connectivity index (χ3n) is 4.54. The summed E-state index contributed by atoms with van der Waals surface area (Å²) < 4.78 is 0. The zero-order valence-corrected chi connectivity index (χ0v) is 10.5. The van der Waals surface area contributed by atoms with E-state index < -0.39 is 5.97 Å². The molecule has 4 atom stereocenters. The molecule has 18 heavy (non-hydrogen) atoms. The van der Waals surface area contributed by atoms with Crippen LogP contribution in [0.5, 0.6) is 0 Å². The maximum Gasteiger partial charge on any atom is 0.308 e. The second-order valence-electron chi connectivity index (χ2n) is 5.38. The molecule has 0 saturated carbocycles. The first-order valence-corrected chi connectivity index (χ1v) is 6.58. The van der Waals surface area contributed by atoms with Crippen molar-refractivity contribution >= 4 is 5.97 Å². The van der Waals surface area contributed by atoms with Crippen LogP contribution in [0.2, 0.25) is 0 Å². The van der Waals surface area contributed by atoms with E-state index >= 15 is 0 Å². The van der Waals surface area contributed by atoms with E-state index in [0.29, 0.717) is 6.04 Å². The first kappa shape index (κ1) is 11.7. The van der Waals surface area contributed by atoms with Gasteiger partial charge in [-0.25, -0.2) is 0 Å². The van der Waals surface area contributed by atoms with Crippen molar-refractivity contribution in [2.45, 2.75) is 44.3 Å². The highest BCUT2D eigenvalue weighted by molar-refractivity contribution is 5.71. The van der Waals surface area contributed by atoms with Crippen molar-refractivity contribution in [3.8, 4) is 0 Å². The Morgan fingerprint density at radius 1 is 1.44 bits per heavy atom. The van der Waals surface area contributed by atoms with Gasteiger partial charge >= 0.3 is 5.97 Å². The number of carboxylic acid groups (broad SMARTS) is 1. The molecule has 4 heteroatoms. The van der Waals surface area contributed by atoms with E-state index in [9.17, 15) is 9.90 Å². The molecule has 0 amide bonds. The summed E-state index contributed by atoms with van der Waals surface area (Å²) in [5.74, 6) is -0.804. The largest absolute Gasteiger partial charge is 0.481 e. The molecule has 0 aromatic carbocycles. The van der Waals surface area contributed by atoms with Gasteiger partial charge in [-0.3, -0.25) is 14.7 Å². The van der Waals surface area contributed by atoms with E-state index in [2.05, 4.69) is 16.8 Å². The quantitative estimate of drug-likeness (QED) is 0.887. The molecule has 3 heterocycles. The van der Waals surface area contributed by atoms with E-state index in [0.717, 1.165) is 19.3 Å². The van der Waals surface area contributed by atoms with Crippen LogP contribution in [0.1, 0.15) is 37.8 Å². The minimum atomic E-state index is -0.630. The smallest absolute Gasteiger partial charge is 0.308 e. The van der Waals surface area contributed by atoms with Gasteiger partial charge in [0.1, 0.15) is 0 Å². The highest BCUT2D eigenvalue weighted by Crippen LogP contribution is 2.46. The molecule has 2 saturated heterocycles. The van der Waals surface area contributed by atoms with Crippen molar-refractivity contribution in [3.05, 3.63) is 30.1 Å². The molecule has 1 N–H and O–H groups in total. The molecule has 1 aromatic rings. The molecule has 0 spiro atoms. The summed E-state index contributed by atoms with van der Waals surface area (Å²) in [6.07, 6.45) is 6.59. The van der Waals surface area contributed by atoms with E-state index in [1.165, 1.54) is 5.56 Å². The minimum absolute atomic E-state index is 0.173. The van der Waals surface area contributed by atoms with Crippen LogP contribution in [0, 0.1) is 5.92 Å². The lowest BCUT2D eigenvalue weighted by Crippen LogP contribution is -2.34. The molecule has 2 aliphatic rings. The summed E-state index contributed by atoms with van der Waals surface area (Å²) in [5, 5.41) is 9.27. The Hall–Kier alpha value is -1.42. The average Bonchev–Trinajstić information content (AvgIpc) is 2.96. The summed E-state index contributed by atoms with van der Waals surface area (Å²) in [6, 6.07) is 5.00. The lowest BCUT2D eigenvalue weighted by atomic mass is 9.89. The van der Waals surface area contributed by atoms with Crippen LogP contribution in [0.25, 0.3) is 0 Å². The van der Waals surface area contributed by atoms with Gasteiger partial charge in [0.25, 0.3) is 0 Å². The summed E-state index contributed by atoms with van der Waals surface area (Å²) >= 11 is 0. The number of nitrogens with zero attached hydrogens (tertiary/aromatic N) is 2. The van der Waals surface area contributed by atoms with Gasteiger partial charge in [0.15, 0.2) is 0 Å². The lowest BCUT2D eigenvalue weighted by Gasteiger charge is -2.30. The SMILES string of the molecule is CC(c1ccncc1)N1C2CCC1C(C(=O)O)C2. The second-order valence-corrected chi connectivity index (χ2v) is 5.38. The van der Waals surface area contributed by atoms with E-state index in [-0.39, 0.29) is 18.0 Å². The Bertz CT molecular complexity index is 448. The van der Waals surface area contributed by atoms with E-state index in [1.54, 1.807) is 12.4 Å². The zero-order valence-electron chi connectivity index (χ0n) is 10.5. The third-order valence-corrected chi connectivity index (χ3v) is 4.54. The number of hydrogen-bond donors (Lipinski definition) is 1. The number of aromatic nitrogens is 1. The number of carboxylic acids is 1. The topological polar surface area (TPSA) is 53.4 Å². The van der Waals surface area contributed by atoms with Crippen molar-refractivity contribution < 1.29 is 9.90 Å². The Labute approximate surface area is 107 Å². The van der Waals surface area contributed by atoms with Crippen molar-refractivity contribution in [2.24, 2.45) is 5.92 Å². The fourth-order valence-corrected chi connectivity index (χ4v) is 3.71. The molecule has 3 rings (SSSR count). The summed E-state index contributed by atoms with van der Waals surface area (Å²) in [4.78, 5) is 17.7. The Morgan fingerprint density at radius 2 is 2.17 bits per heavy atom. The first-order valence-electron chi connectivity index (χ1n) is 6.58. The predicted octanol–water partition coefficient (Wildman–Crippen LogP) is 2.08. The van der Waals surface area contributed by atoms with Crippen LogP contribution < -0.4 is 0 Å². The third kappa shape index (κ3) is 1.72. The van der Waals surface area contributed by atoms with Crippen LogP contribution in [0.15, 0.2) is 24.5 Å². The molecule has 0 radical (unpaired) electrons. The van der Waals surface area contributed by atoms with E-state index in [1.807, 2.05) is 12.1 Å².